The van der Waals surface area contributed by atoms with Crippen LogP contribution in [0.25, 0.3) is 115 Å². The minimum Gasteiger partial charge on any atom is -0.456 e. The molecular weight excluding hydrogens is 842 g/mol. The van der Waals surface area contributed by atoms with Crippen LogP contribution in [0.15, 0.2) is 186 Å². The second kappa shape index (κ2) is 13.2. The van der Waals surface area contributed by atoms with Gasteiger partial charge in [0.15, 0.2) is 11.6 Å². The van der Waals surface area contributed by atoms with Gasteiger partial charge in [0.25, 0.3) is 0 Å². The third-order valence-electron chi connectivity index (χ3n) is 11.3. The second-order valence-electron chi connectivity index (χ2n) is 14.6. The van der Waals surface area contributed by atoms with Crippen LogP contribution in [0.5, 0.6) is 0 Å². The lowest BCUT2D eigenvalue weighted by Gasteiger charge is -2.15. The third-order valence-corrected chi connectivity index (χ3v) is 13.4. The summed E-state index contributed by atoms with van der Waals surface area (Å²) in [7, 11) is 0. The Morgan fingerprint density at radius 2 is 1.17 bits per heavy atom. The third kappa shape index (κ3) is 5.18. The zero-order valence-electron chi connectivity index (χ0n) is 30.9. The van der Waals surface area contributed by atoms with Gasteiger partial charge in [-0.25, -0.2) is 9.97 Å². The van der Waals surface area contributed by atoms with E-state index in [0.717, 1.165) is 70.3 Å². The van der Waals surface area contributed by atoms with Crippen molar-refractivity contribution < 1.29 is 4.42 Å². The van der Waals surface area contributed by atoms with Crippen LogP contribution in [0.3, 0.4) is 0 Å². The first kappa shape index (κ1) is 33.5. The number of furan rings is 1. The van der Waals surface area contributed by atoms with Crippen LogP contribution in [0.1, 0.15) is 0 Å². The van der Waals surface area contributed by atoms with Gasteiger partial charge in [0.2, 0.25) is 0 Å². The van der Waals surface area contributed by atoms with Crippen molar-refractivity contribution in [3.05, 3.63) is 186 Å². The molecule has 0 aliphatic heterocycles. The molecule has 272 valence electrons. The van der Waals surface area contributed by atoms with Gasteiger partial charge >= 0.3 is 0 Å². The summed E-state index contributed by atoms with van der Waals surface area (Å²) in [5.74, 6) is 1.49. The van der Waals surface area contributed by atoms with Crippen molar-refractivity contribution in [3.8, 4) is 50.7 Å². The van der Waals surface area contributed by atoms with E-state index in [0.29, 0.717) is 5.82 Å². The van der Waals surface area contributed by atoms with Gasteiger partial charge in [-0.3, -0.25) is 4.57 Å². The molecule has 0 N–H and O–H groups in total. The number of halogens is 1. The Labute approximate surface area is 350 Å². The zero-order chi connectivity index (χ0) is 38.3. The molecule has 0 radical (unpaired) electrons. The predicted octanol–water partition coefficient (Wildman–Crippen LogP) is 15.1. The second-order valence-corrected chi connectivity index (χ2v) is 16.8. The number of para-hydroxylation sites is 1. The van der Waals surface area contributed by atoms with E-state index in [2.05, 4.69) is 203 Å². The molecule has 0 aliphatic carbocycles. The maximum Gasteiger partial charge on any atom is 0.162 e. The molecule has 4 aromatic heterocycles. The number of rotatable bonds is 5. The Bertz CT molecular complexity index is 3590. The monoisotopic (exact) mass is 871 g/mol. The first-order valence-corrected chi connectivity index (χ1v) is 21.2. The standard InChI is InChI=1S/C52H30IN3OS/c53-48-49(32-15-5-2-6-16-32)54-51(55-52(48)56-41-22-9-7-19-37(41)38-27-28-45-47(50(38)56)40-20-8-10-24-44(40)58-45)35-25-26-39-43(30-35)57-42-23-12-21-36(46(39)42)34-18-11-17-33(29-34)31-13-3-1-4-14-31/h1-30H. The summed E-state index contributed by atoms with van der Waals surface area (Å²) in [5, 5.41) is 7.06. The molecule has 0 aliphatic rings. The molecule has 0 saturated carbocycles. The molecule has 0 bridgehead atoms. The van der Waals surface area contributed by atoms with E-state index in [4.69, 9.17) is 14.4 Å². The summed E-state index contributed by atoms with van der Waals surface area (Å²) >= 11 is 4.30. The first-order valence-electron chi connectivity index (χ1n) is 19.3. The number of benzene rings is 8. The summed E-state index contributed by atoms with van der Waals surface area (Å²) in [4.78, 5) is 10.9. The van der Waals surface area contributed by atoms with Gasteiger partial charge in [-0.05, 0) is 87.3 Å². The van der Waals surface area contributed by atoms with Crippen LogP contribution in [-0.2, 0) is 0 Å². The smallest absolute Gasteiger partial charge is 0.162 e. The molecule has 0 saturated heterocycles. The average Bonchev–Trinajstić information content (AvgIpc) is 3.96. The number of hydrogen-bond acceptors (Lipinski definition) is 4. The van der Waals surface area contributed by atoms with Crippen molar-refractivity contribution in [2.45, 2.75) is 0 Å². The van der Waals surface area contributed by atoms with Crippen molar-refractivity contribution in [3.63, 3.8) is 0 Å². The molecule has 4 nitrogen and oxygen atoms in total. The summed E-state index contributed by atoms with van der Waals surface area (Å²) in [5.41, 5.74) is 11.4. The Morgan fingerprint density at radius 1 is 0.466 bits per heavy atom. The fourth-order valence-electron chi connectivity index (χ4n) is 8.69. The summed E-state index contributed by atoms with van der Waals surface area (Å²) < 4.78 is 12.6. The quantitative estimate of drug-likeness (QED) is 0.162. The Morgan fingerprint density at radius 3 is 2.03 bits per heavy atom. The minimum atomic E-state index is 0.640. The van der Waals surface area contributed by atoms with Crippen molar-refractivity contribution >= 4 is 97.8 Å². The van der Waals surface area contributed by atoms with E-state index in [-0.39, 0.29) is 0 Å². The van der Waals surface area contributed by atoms with Gasteiger partial charge in [-0.15, -0.1) is 11.3 Å². The van der Waals surface area contributed by atoms with Crippen molar-refractivity contribution in [1.82, 2.24) is 14.5 Å². The van der Waals surface area contributed by atoms with Crippen LogP contribution in [0, 0.1) is 3.57 Å². The molecule has 4 heterocycles. The molecule has 0 amide bonds. The highest BCUT2D eigenvalue weighted by Crippen LogP contribution is 2.45. The van der Waals surface area contributed by atoms with Crippen LogP contribution in [-0.4, -0.2) is 14.5 Å². The lowest BCUT2D eigenvalue weighted by molar-refractivity contribution is 0.669. The predicted molar refractivity (Wildman–Crippen MR) is 251 cm³/mol. The molecule has 12 aromatic rings. The van der Waals surface area contributed by atoms with E-state index in [1.165, 1.54) is 42.1 Å². The molecule has 6 heteroatoms. The van der Waals surface area contributed by atoms with Gasteiger partial charge in [0.05, 0.1) is 20.3 Å². The topological polar surface area (TPSA) is 43.9 Å². The Balaban J connectivity index is 1.09. The van der Waals surface area contributed by atoms with Crippen LogP contribution >= 0.6 is 33.9 Å². The van der Waals surface area contributed by atoms with E-state index in [9.17, 15) is 0 Å². The molecule has 0 fully saturated rings. The fraction of sp³-hybridized carbons (Fsp3) is 0. The summed E-state index contributed by atoms with van der Waals surface area (Å²) in [6.45, 7) is 0. The van der Waals surface area contributed by atoms with E-state index in [1.807, 2.05) is 17.4 Å². The summed E-state index contributed by atoms with van der Waals surface area (Å²) in [6.07, 6.45) is 0. The molecule has 8 aromatic carbocycles. The van der Waals surface area contributed by atoms with Gasteiger partial charge in [0.1, 0.15) is 11.2 Å². The van der Waals surface area contributed by atoms with Crippen molar-refractivity contribution in [1.29, 1.82) is 0 Å². The van der Waals surface area contributed by atoms with E-state index < -0.39 is 0 Å². The highest BCUT2D eigenvalue weighted by Gasteiger charge is 2.24. The highest BCUT2D eigenvalue weighted by molar-refractivity contribution is 14.1. The SMILES string of the molecule is Ic1c(-c2ccccc2)nc(-c2ccc3c(c2)oc2cccc(-c4cccc(-c5ccccc5)c4)c23)nc1-n1c2ccccc2c2ccc3sc4ccccc4c3c21. The molecule has 12 rings (SSSR count). The number of thiophene rings is 1. The largest absolute Gasteiger partial charge is 0.456 e. The Hall–Kier alpha value is -6.61. The van der Waals surface area contributed by atoms with Gasteiger partial charge < -0.3 is 4.42 Å². The van der Waals surface area contributed by atoms with Crippen molar-refractivity contribution in [2.24, 2.45) is 0 Å². The van der Waals surface area contributed by atoms with Gasteiger partial charge in [0, 0.05) is 52.8 Å². The lowest BCUT2D eigenvalue weighted by atomic mass is 9.96. The van der Waals surface area contributed by atoms with Crippen LogP contribution in [0.2, 0.25) is 0 Å². The van der Waals surface area contributed by atoms with Gasteiger partial charge in [-0.1, -0.05) is 140 Å². The maximum absolute atomic E-state index is 6.67. The zero-order valence-corrected chi connectivity index (χ0v) is 33.8. The number of nitrogens with zero attached hydrogens (tertiary/aromatic N) is 3. The lowest BCUT2D eigenvalue weighted by Crippen LogP contribution is -2.06. The molecule has 0 unspecified atom stereocenters. The first-order chi connectivity index (χ1) is 28.7. The van der Waals surface area contributed by atoms with Gasteiger partial charge in [-0.2, -0.15) is 0 Å². The highest BCUT2D eigenvalue weighted by atomic mass is 127. The molecule has 0 spiro atoms. The molecule has 0 atom stereocenters. The van der Waals surface area contributed by atoms with Crippen LogP contribution < -0.4 is 0 Å². The van der Waals surface area contributed by atoms with Crippen molar-refractivity contribution in [2.75, 3.05) is 0 Å². The minimum absolute atomic E-state index is 0.640. The normalized spacial score (nSPS) is 11.9. The number of fused-ring (bicyclic) bond motifs is 10. The number of aromatic nitrogens is 3. The Kier molecular flexibility index (Phi) is 7.65. The van der Waals surface area contributed by atoms with E-state index >= 15 is 0 Å². The molecule has 58 heavy (non-hydrogen) atoms. The van der Waals surface area contributed by atoms with Crippen LogP contribution in [0.4, 0.5) is 0 Å². The van der Waals surface area contributed by atoms with E-state index in [1.54, 1.807) is 0 Å². The maximum atomic E-state index is 6.67. The summed E-state index contributed by atoms with van der Waals surface area (Å²) in [6, 6.07) is 64.5. The number of hydrogen-bond donors (Lipinski definition) is 0. The fourth-order valence-corrected chi connectivity index (χ4v) is 10.6. The molecular formula is C52H30IN3OS. The average molecular weight is 872 g/mol.